The Morgan fingerprint density at radius 3 is 2.55 bits per heavy atom. The number of hydrogen-bond donors (Lipinski definition) is 1. The van der Waals surface area contributed by atoms with Crippen LogP contribution >= 0.6 is 0 Å². The first-order chi connectivity index (χ1) is 10.3. The first-order valence-electron chi connectivity index (χ1n) is 7.79. The predicted octanol–water partition coefficient (Wildman–Crippen LogP) is 2.53. The normalized spacial score (nSPS) is 18.0. The first kappa shape index (κ1) is 17.4. The van der Waals surface area contributed by atoms with Crippen LogP contribution in [0.2, 0.25) is 0 Å². The average Bonchev–Trinajstić information content (AvgIpc) is 2.48. The van der Waals surface area contributed by atoms with Gasteiger partial charge in [-0.2, -0.15) is 0 Å². The van der Waals surface area contributed by atoms with Gasteiger partial charge in [-0.15, -0.1) is 0 Å². The minimum absolute atomic E-state index is 0.0344. The van der Waals surface area contributed by atoms with E-state index in [9.17, 15) is 12.8 Å². The van der Waals surface area contributed by atoms with Crippen molar-refractivity contribution in [1.82, 2.24) is 9.62 Å². The van der Waals surface area contributed by atoms with Crippen LogP contribution in [0, 0.1) is 18.7 Å². The molecule has 0 aliphatic carbocycles. The molecule has 0 saturated carbocycles. The van der Waals surface area contributed by atoms with Crippen molar-refractivity contribution in [2.75, 3.05) is 19.6 Å². The maximum absolute atomic E-state index is 13.3. The molecule has 0 aromatic heterocycles. The lowest BCUT2D eigenvalue weighted by Gasteiger charge is -2.34. The van der Waals surface area contributed by atoms with E-state index in [1.54, 1.807) is 6.92 Å². The third-order valence-corrected chi connectivity index (χ3v) is 5.95. The Hall–Kier alpha value is -0.980. The molecule has 1 aliphatic heterocycles. The zero-order valence-corrected chi connectivity index (χ0v) is 14.3. The van der Waals surface area contributed by atoms with Crippen molar-refractivity contribution in [2.45, 2.75) is 44.6 Å². The van der Waals surface area contributed by atoms with Gasteiger partial charge in [0, 0.05) is 12.6 Å². The number of rotatable bonds is 5. The van der Waals surface area contributed by atoms with Crippen molar-refractivity contribution in [2.24, 2.45) is 5.92 Å². The summed E-state index contributed by atoms with van der Waals surface area (Å²) in [7, 11) is -3.65. The Morgan fingerprint density at radius 2 is 1.95 bits per heavy atom. The summed E-state index contributed by atoms with van der Waals surface area (Å²) in [5.74, 6) is -0.185. The summed E-state index contributed by atoms with van der Waals surface area (Å²) in [6.07, 6.45) is 1.98. The van der Waals surface area contributed by atoms with Crippen molar-refractivity contribution >= 4 is 10.0 Å². The minimum atomic E-state index is -3.65. The molecule has 0 bridgehead atoms. The number of likely N-dealkylation sites (tertiary alicyclic amines) is 1. The van der Waals surface area contributed by atoms with Crippen LogP contribution in [-0.4, -0.2) is 39.0 Å². The van der Waals surface area contributed by atoms with Gasteiger partial charge < -0.3 is 4.90 Å². The molecular formula is C16H25FN2O2S. The van der Waals surface area contributed by atoms with Gasteiger partial charge in [0.1, 0.15) is 5.82 Å². The quantitative estimate of drug-likeness (QED) is 0.903. The van der Waals surface area contributed by atoms with Crippen molar-refractivity contribution in [3.63, 3.8) is 0 Å². The Morgan fingerprint density at radius 1 is 1.32 bits per heavy atom. The molecule has 0 amide bonds. The number of piperidine rings is 1. The van der Waals surface area contributed by atoms with Gasteiger partial charge in [0.05, 0.1) is 4.90 Å². The molecule has 124 valence electrons. The number of sulfonamides is 1. The molecule has 0 radical (unpaired) electrons. The molecular weight excluding hydrogens is 303 g/mol. The number of aryl methyl sites for hydroxylation is 1. The van der Waals surface area contributed by atoms with E-state index in [1.165, 1.54) is 12.1 Å². The number of hydrogen-bond acceptors (Lipinski definition) is 3. The van der Waals surface area contributed by atoms with E-state index in [4.69, 9.17) is 0 Å². The fourth-order valence-corrected chi connectivity index (χ4v) is 4.21. The summed E-state index contributed by atoms with van der Waals surface area (Å²) in [6.45, 7) is 8.46. The summed E-state index contributed by atoms with van der Waals surface area (Å²) in [4.78, 5) is 2.44. The maximum atomic E-state index is 13.3. The molecule has 22 heavy (non-hydrogen) atoms. The van der Waals surface area contributed by atoms with Gasteiger partial charge in [-0.1, -0.05) is 6.07 Å². The zero-order valence-electron chi connectivity index (χ0n) is 13.5. The predicted molar refractivity (Wildman–Crippen MR) is 85.8 cm³/mol. The topological polar surface area (TPSA) is 49.4 Å². The molecule has 6 heteroatoms. The van der Waals surface area contributed by atoms with Crippen LogP contribution in [0.15, 0.2) is 23.1 Å². The molecule has 1 heterocycles. The lowest BCUT2D eigenvalue weighted by molar-refractivity contribution is 0.151. The van der Waals surface area contributed by atoms with Gasteiger partial charge in [-0.05, 0) is 70.3 Å². The minimum Gasteiger partial charge on any atom is -0.301 e. The van der Waals surface area contributed by atoms with Crippen LogP contribution in [0.25, 0.3) is 0 Å². The molecule has 0 unspecified atom stereocenters. The number of nitrogens with one attached hydrogen (secondary N) is 1. The van der Waals surface area contributed by atoms with Crippen LogP contribution < -0.4 is 4.72 Å². The largest absolute Gasteiger partial charge is 0.301 e. The molecule has 4 nitrogen and oxygen atoms in total. The lowest BCUT2D eigenvalue weighted by atomic mass is 9.96. The van der Waals surface area contributed by atoms with Crippen molar-refractivity contribution in [3.8, 4) is 0 Å². The van der Waals surface area contributed by atoms with Crippen LogP contribution in [0.4, 0.5) is 4.39 Å². The van der Waals surface area contributed by atoms with Crippen LogP contribution in [0.1, 0.15) is 32.3 Å². The highest BCUT2D eigenvalue weighted by Gasteiger charge is 2.23. The van der Waals surface area contributed by atoms with E-state index in [2.05, 4.69) is 23.5 Å². The standard InChI is InChI=1S/C16H25FN2O2S/c1-12(2)19-8-6-14(7-9-19)11-18-22(20,21)16-10-15(17)5-4-13(16)3/h4-5,10,12,14,18H,6-9,11H2,1-3H3. The Balaban J connectivity index is 1.95. The molecule has 0 atom stereocenters. The second kappa shape index (κ2) is 7.06. The maximum Gasteiger partial charge on any atom is 0.240 e. The summed E-state index contributed by atoms with van der Waals surface area (Å²) < 4.78 is 40.6. The summed E-state index contributed by atoms with van der Waals surface area (Å²) in [5, 5.41) is 0. The average molecular weight is 328 g/mol. The fraction of sp³-hybridized carbons (Fsp3) is 0.625. The van der Waals surface area contributed by atoms with E-state index in [1.807, 2.05) is 0 Å². The molecule has 2 rings (SSSR count). The first-order valence-corrected chi connectivity index (χ1v) is 9.28. The molecule has 1 fully saturated rings. The van der Waals surface area contributed by atoms with E-state index in [0.29, 0.717) is 24.1 Å². The number of benzene rings is 1. The van der Waals surface area contributed by atoms with Gasteiger partial charge in [-0.25, -0.2) is 17.5 Å². The highest BCUT2D eigenvalue weighted by molar-refractivity contribution is 7.89. The molecule has 1 aromatic rings. The third-order valence-electron chi connectivity index (χ3n) is 4.38. The highest BCUT2D eigenvalue weighted by atomic mass is 32.2. The Bertz CT molecular complexity index is 609. The van der Waals surface area contributed by atoms with Crippen molar-refractivity contribution < 1.29 is 12.8 Å². The van der Waals surface area contributed by atoms with Crippen LogP contribution in [-0.2, 0) is 10.0 Å². The van der Waals surface area contributed by atoms with Crippen molar-refractivity contribution in [1.29, 1.82) is 0 Å². The molecule has 1 aliphatic rings. The molecule has 1 aromatic carbocycles. The van der Waals surface area contributed by atoms with E-state index in [-0.39, 0.29) is 4.90 Å². The van der Waals surface area contributed by atoms with Crippen LogP contribution in [0.5, 0.6) is 0 Å². The second-order valence-corrected chi connectivity index (χ2v) is 8.07. The highest BCUT2D eigenvalue weighted by Crippen LogP contribution is 2.20. The van der Waals surface area contributed by atoms with E-state index in [0.717, 1.165) is 32.0 Å². The van der Waals surface area contributed by atoms with Crippen LogP contribution in [0.3, 0.4) is 0 Å². The Labute approximate surface area is 132 Å². The second-order valence-electron chi connectivity index (χ2n) is 6.33. The van der Waals surface area contributed by atoms with Gasteiger partial charge >= 0.3 is 0 Å². The summed E-state index contributed by atoms with van der Waals surface area (Å²) in [6, 6.07) is 4.38. The number of nitrogens with zero attached hydrogens (tertiary/aromatic N) is 1. The smallest absolute Gasteiger partial charge is 0.240 e. The number of halogens is 1. The van der Waals surface area contributed by atoms with E-state index >= 15 is 0 Å². The molecule has 0 spiro atoms. The summed E-state index contributed by atoms with van der Waals surface area (Å²) >= 11 is 0. The molecule has 1 N–H and O–H groups in total. The van der Waals surface area contributed by atoms with Gasteiger partial charge in [0.2, 0.25) is 10.0 Å². The van der Waals surface area contributed by atoms with E-state index < -0.39 is 15.8 Å². The van der Waals surface area contributed by atoms with Crippen molar-refractivity contribution in [3.05, 3.63) is 29.6 Å². The SMILES string of the molecule is Cc1ccc(F)cc1S(=O)(=O)NCC1CCN(C(C)C)CC1. The van der Waals surface area contributed by atoms with Gasteiger partial charge in [0.15, 0.2) is 0 Å². The fourth-order valence-electron chi connectivity index (χ4n) is 2.84. The summed E-state index contributed by atoms with van der Waals surface area (Å²) in [5.41, 5.74) is 0.559. The zero-order chi connectivity index (χ0) is 16.3. The van der Waals surface area contributed by atoms with Gasteiger partial charge in [0.25, 0.3) is 0 Å². The monoisotopic (exact) mass is 328 g/mol. The molecule has 1 saturated heterocycles. The van der Waals surface area contributed by atoms with Gasteiger partial charge in [-0.3, -0.25) is 0 Å². The Kier molecular flexibility index (Phi) is 5.58. The lowest BCUT2D eigenvalue weighted by Crippen LogP contribution is -2.41. The third kappa shape index (κ3) is 4.27.